The molecule has 0 radical (unpaired) electrons. The van der Waals surface area contributed by atoms with E-state index in [9.17, 15) is 0 Å². The summed E-state index contributed by atoms with van der Waals surface area (Å²) in [5, 5.41) is 24.0. The van der Waals surface area contributed by atoms with Crippen LogP contribution < -0.4 is 0 Å². The minimum Gasteiger partial charge on any atom is -0.368 e. The highest BCUT2D eigenvalue weighted by Gasteiger charge is 1.99. The lowest BCUT2D eigenvalue weighted by molar-refractivity contribution is -0.291. The van der Waals surface area contributed by atoms with Gasteiger partial charge < -0.3 is 20.1 Å². The van der Waals surface area contributed by atoms with Gasteiger partial charge in [-0.2, -0.15) is 0 Å². The summed E-state index contributed by atoms with van der Waals surface area (Å²) in [7, 11) is 0. The van der Waals surface area contributed by atoms with Gasteiger partial charge in [0.25, 0.3) is 6.48 Å². The molecule has 0 aromatic heterocycles. The van der Waals surface area contributed by atoms with E-state index < -0.39 is 12.8 Å². The zero-order valence-corrected chi connectivity index (χ0v) is 3.90. The number of ether oxygens (including phenoxy) is 1. The summed E-state index contributed by atoms with van der Waals surface area (Å²) in [6, 6.07) is 0. The van der Waals surface area contributed by atoms with Crippen LogP contribution in [-0.2, 0) is 4.74 Å². The molecular weight excluding hydrogens is 100 g/mol. The van der Waals surface area contributed by atoms with Gasteiger partial charge in [-0.05, 0) is 6.92 Å². The zero-order chi connectivity index (χ0) is 5.86. The van der Waals surface area contributed by atoms with Crippen LogP contribution in [0.4, 0.5) is 0 Å². The molecule has 0 aromatic carbocycles. The van der Waals surface area contributed by atoms with Crippen LogP contribution >= 0.6 is 0 Å². The molecule has 0 aromatic rings. The lowest BCUT2D eigenvalue weighted by atomic mass is 10.8. The van der Waals surface area contributed by atoms with Gasteiger partial charge in [0.05, 0.1) is 0 Å². The van der Waals surface area contributed by atoms with Crippen LogP contribution in [-0.4, -0.2) is 28.1 Å². The largest absolute Gasteiger partial charge is 0.368 e. The fourth-order valence-corrected chi connectivity index (χ4v) is 0.176. The van der Waals surface area contributed by atoms with Crippen molar-refractivity contribution < 1.29 is 20.1 Å². The number of hydrogen-bond donors (Lipinski definition) is 3. The molecule has 4 heteroatoms. The Morgan fingerprint density at radius 2 is 1.71 bits per heavy atom. The maximum atomic E-state index is 8.18. The van der Waals surface area contributed by atoms with Crippen LogP contribution in [0.1, 0.15) is 6.92 Å². The van der Waals surface area contributed by atoms with Crippen molar-refractivity contribution in [3.8, 4) is 0 Å². The first-order valence-electron chi connectivity index (χ1n) is 1.82. The third-order valence-corrected chi connectivity index (χ3v) is 0.319. The quantitative estimate of drug-likeness (QED) is 0.381. The summed E-state index contributed by atoms with van der Waals surface area (Å²) >= 11 is 0. The fraction of sp³-hybridized carbons (Fsp3) is 1.00. The second-order valence-corrected chi connectivity index (χ2v) is 1.06. The van der Waals surface area contributed by atoms with Crippen LogP contribution in [0, 0.1) is 0 Å². The van der Waals surface area contributed by atoms with Crippen LogP contribution in [0.2, 0.25) is 0 Å². The SMILES string of the molecule is CC(O)OC(O)O. The average molecular weight is 108 g/mol. The molecule has 0 aliphatic carbocycles. The van der Waals surface area contributed by atoms with Gasteiger partial charge in [0, 0.05) is 0 Å². The summed E-state index contributed by atoms with van der Waals surface area (Å²) in [6.07, 6.45) is -1.13. The topological polar surface area (TPSA) is 69.9 Å². The number of rotatable bonds is 2. The van der Waals surface area contributed by atoms with Crippen LogP contribution in [0.3, 0.4) is 0 Å². The minimum absolute atomic E-state index is 1.13. The molecule has 0 amide bonds. The van der Waals surface area contributed by atoms with Crippen molar-refractivity contribution in [3.05, 3.63) is 0 Å². The van der Waals surface area contributed by atoms with Crippen LogP contribution in [0.25, 0.3) is 0 Å². The highest BCUT2D eigenvalue weighted by Crippen LogP contribution is 1.85. The lowest BCUT2D eigenvalue weighted by Gasteiger charge is -2.05. The first kappa shape index (κ1) is 6.84. The standard InChI is InChI=1S/C3H8O4/c1-2(4)7-3(5)6/h2-6H,1H3. The van der Waals surface area contributed by atoms with E-state index in [0.717, 1.165) is 0 Å². The summed E-state index contributed by atoms with van der Waals surface area (Å²) in [4.78, 5) is 0. The van der Waals surface area contributed by atoms with Gasteiger partial charge in [-0.1, -0.05) is 0 Å². The normalized spacial score (nSPS) is 15.0. The Morgan fingerprint density at radius 3 is 1.71 bits per heavy atom. The third-order valence-electron chi connectivity index (χ3n) is 0.319. The van der Waals surface area contributed by atoms with E-state index in [0.29, 0.717) is 0 Å². The van der Waals surface area contributed by atoms with E-state index in [1.807, 2.05) is 0 Å². The lowest BCUT2D eigenvalue weighted by Crippen LogP contribution is -2.17. The zero-order valence-electron chi connectivity index (χ0n) is 3.90. The predicted octanol–water partition coefficient (Wildman–Crippen LogP) is -1.39. The molecule has 7 heavy (non-hydrogen) atoms. The molecule has 4 nitrogen and oxygen atoms in total. The van der Waals surface area contributed by atoms with E-state index in [1.165, 1.54) is 6.92 Å². The van der Waals surface area contributed by atoms with Gasteiger partial charge in [0.15, 0.2) is 6.29 Å². The molecule has 0 saturated carbocycles. The second-order valence-electron chi connectivity index (χ2n) is 1.06. The molecule has 0 aliphatic heterocycles. The molecular formula is C3H8O4. The molecule has 0 aliphatic rings. The molecule has 3 N–H and O–H groups in total. The van der Waals surface area contributed by atoms with Crippen molar-refractivity contribution in [2.45, 2.75) is 19.7 Å². The van der Waals surface area contributed by atoms with Gasteiger partial charge in [-0.25, -0.2) is 0 Å². The Kier molecular flexibility index (Phi) is 2.86. The maximum Gasteiger partial charge on any atom is 0.268 e. The van der Waals surface area contributed by atoms with E-state index in [-0.39, 0.29) is 0 Å². The van der Waals surface area contributed by atoms with Crippen molar-refractivity contribution in [3.63, 3.8) is 0 Å². The molecule has 1 unspecified atom stereocenters. The maximum absolute atomic E-state index is 8.18. The van der Waals surface area contributed by atoms with E-state index >= 15 is 0 Å². The third kappa shape index (κ3) is 5.84. The van der Waals surface area contributed by atoms with Crippen molar-refractivity contribution in [1.82, 2.24) is 0 Å². The van der Waals surface area contributed by atoms with E-state index in [4.69, 9.17) is 15.3 Å². The minimum atomic E-state index is -1.88. The highest BCUT2D eigenvalue weighted by molar-refractivity contribution is 4.17. The van der Waals surface area contributed by atoms with Gasteiger partial charge in [0.2, 0.25) is 0 Å². The molecule has 1 atom stereocenters. The Balaban J connectivity index is 2.95. The van der Waals surface area contributed by atoms with Gasteiger partial charge in [-0.15, -0.1) is 0 Å². The smallest absolute Gasteiger partial charge is 0.268 e. The van der Waals surface area contributed by atoms with Crippen molar-refractivity contribution in [1.29, 1.82) is 0 Å². The van der Waals surface area contributed by atoms with Gasteiger partial charge in [-0.3, -0.25) is 0 Å². The molecule has 0 saturated heterocycles. The monoisotopic (exact) mass is 108 g/mol. The van der Waals surface area contributed by atoms with Gasteiger partial charge >= 0.3 is 0 Å². The molecule has 0 bridgehead atoms. The van der Waals surface area contributed by atoms with Crippen molar-refractivity contribution in [2.24, 2.45) is 0 Å². The van der Waals surface area contributed by atoms with E-state index in [2.05, 4.69) is 4.74 Å². The number of hydrogen-bond acceptors (Lipinski definition) is 4. The highest BCUT2D eigenvalue weighted by atomic mass is 16.8. The van der Waals surface area contributed by atoms with Gasteiger partial charge in [0.1, 0.15) is 0 Å². The summed E-state index contributed by atoms with van der Waals surface area (Å²) in [5.41, 5.74) is 0. The first-order valence-corrected chi connectivity index (χ1v) is 1.82. The van der Waals surface area contributed by atoms with Crippen molar-refractivity contribution >= 4 is 0 Å². The Morgan fingerprint density at radius 1 is 1.29 bits per heavy atom. The molecule has 0 heterocycles. The molecule has 0 fully saturated rings. The second kappa shape index (κ2) is 2.92. The molecule has 0 rings (SSSR count). The molecule has 0 spiro atoms. The average Bonchev–Trinajstić information content (AvgIpc) is 1.27. The van der Waals surface area contributed by atoms with Crippen LogP contribution in [0.15, 0.2) is 0 Å². The number of aliphatic hydroxyl groups excluding tert-OH is 2. The predicted molar refractivity (Wildman–Crippen MR) is 21.0 cm³/mol. The summed E-state index contributed by atoms with van der Waals surface area (Å²) < 4.78 is 3.92. The number of aliphatic hydroxyl groups is 3. The summed E-state index contributed by atoms with van der Waals surface area (Å²) in [5.74, 6) is 0. The van der Waals surface area contributed by atoms with Crippen LogP contribution in [0.5, 0.6) is 0 Å². The van der Waals surface area contributed by atoms with E-state index in [1.54, 1.807) is 0 Å². The first-order chi connectivity index (χ1) is 3.13. The fourth-order valence-electron chi connectivity index (χ4n) is 0.176. The summed E-state index contributed by atoms with van der Waals surface area (Å²) in [6.45, 7) is -0.598. The van der Waals surface area contributed by atoms with Crippen molar-refractivity contribution in [2.75, 3.05) is 0 Å². The Hall–Kier alpha value is -0.160. The molecule has 44 valence electrons. The Labute approximate surface area is 41.0 Å². The Bertz CT molecular complexity index is 36.2.